The van der Waals surface area contributed by atoms with Crippen LogP contribution in [0.25, 0.3) is 0 Å². The first kappa shape index (κ1) is 10.6. The second kappa shape index (κ2) is 4.16. The maximum Gasteiger partial charge on any atom is 0.0685 e. The molecular weight excluding hydrogens is 180 g/mol. The molecule has 0 aromatic heterocycles. The molecule has 0 fully saturated rings. The van der Waals surface area contributed by atoms with E-state index in [1.165, 1.54) is 10.5 Å². The van der Waals surface area contributed by atoms with Gasteiger partial charge in [-0.1, -0.05) is 17.7 Å². The molecule has 0 amide bonds. The largest absolute Gasteiger partial charge is 0.390 e. The lowest BCUT2D eigenvalue weighted by atomic mass is 10.2. The molecule has 1 N–H and O–H groups in total. The van der Waals surface area contributed by atoms with Crippen molar-refractivity contribution in [2.75, 3.05) is 5.75 Å². The van der Waals surface area contributed by atoms with Crippen molar-refractivity contribution in [1.82, 2.24) is 0 Å². The quantitative estimate of drug-likeness (QED) is 0.750. The van der Waals surface area contributed by atoms with Crippen LogP contribution in [0.4, 0.5) is 0 Å². The Kier molecular flexibility index (Phi) is 3.40. The zero-order chi connectivity index (χ0) is 9.90. The van der Waals surface area contributed by atoms with Gasteiger partial charge < -0.3 is 5.11 Å². The highest BCUT2D eigenvalue weighted by Gasteiger charge is 2.12. The molecular formula is C11H16OS. The third kappa shape index (κ3) is 4.34. The molecule has 13 heavy (non-hydrogen) atoms. The molecule has 1 rings (SSSR count). The standard InChI is InChI=1S/C11H16OS/c1-9-4-6-10(7-5-9)13-8-11(2,3)12/h4-7,12H,8H2,1-3H3. The number of benzene rings is 1. The van der Waals surface area contributed by atoms with Crippen molar-refractivity contribution in [3.05, 3.63) is 29.8 Å². The minimum absolute atomic E-state index is 0.588. The Hall–Kier alpha value is -0.470. The summed E-state index contributed by atoms with van der Waals surface area (Å²) in [6.07, 6.45) is 0. The van der Waals surface area contributed by atoms with Gasteiger partial charge in [0.25, 0.3) is 0 Å². The minimum atomic E-state index is -0.588. The minimum Gasteiger partial charge on any atom is -0.390 e. The van der Waals surface area contributed by atoms with Gasteiger partial charge in [-0.3, -0.25) is 0 Å². The van der Waals surface area contributed by atoms with E-state index in [1.807, 2.05) is 13.8 Å². The number of hydrogen-bond donors (Lipinski definition) is 1. The van der Waals surface area contributed by atoms with Crippen molar-refractivity contribution in [3.63, 3.8) is 0 Å². The number of thioether (sulfide) groups is 1. The van der Waals surface area contributed by atoms with E-state index in [-0.39, 0.29) is 0 Å². The van der Waals surface area contributed by atoms with E-state index in [1.54, 1.807) is 11.8 Å². The average molecular weight is 196 g/mol. The monoisotopic (exact) mass is 196 g/mol. The Labute approximate surface area is 84.2 Å². The normalized spacial score (nSPS) is 11.7. The maximum atomic E-state index is 9.51. The molecule has 0 aliphatic rings. The summed E-state index contributed by atoms with van der Waals surface area (Å²) in [6, 6.07) is 8.36. The van der Waals surface area contributed by atoms with Crippen LogP contribution in [-0.4, -0.2) is 16.5 Å². The Morgan fingerprint density at radius 3 is 2.23 bits per heavy atom. The Bertz CT molecular complexity index is 258. The Morgan fingerprint density at radius 1 is 1.23 bits per heavy atom. The van der Waals surface area contributed by atoms with Crippen LogP contribution in [0.2, 0.25) is 0 Å². The first-order chi connectivity index (χ1) is 5.97. The molecule has 0 aliphatic carbocycles. The van der Waals surface area contributed by atoms with Gasteiger partial charge >= 0.3 is 0 Å². The van der Waals surface area contributed by atoms with Crippen molar-refractivity contribution in [2.24, 2.45) is 0 Å². The summed E-state index contributed by atoms with van der Waals surface area (Å²) in [5, 5.41) is 9.51. The highest BCUT2D eigenvalue weighted by Crippen LogP contribution is 2.22. The molecule has 0 saturated carbocycles. The van der Waals surface area contributed by atoms with Crippen LogP contribution in [0, 0.1) is 6.92 Å². The van der Waals surface area contributed by atoms with Crippen LogP contribution in [0.3, 0.4) is 0 Å². The van der Waals surface area contributed by atoms with Gasteiger partial charge in [-0.05, 0) is 32.9 Å². The van der Waals surface area contributed by atoms with Crippen LogP contribution in [0.1, 0.15) is 19.4 Å². The summed E-state index contributed by atoms with van der Waals surface area (Å²) < 4.78 is 0. The molecule has 0 saturated heterocycles. The lowest BCUT2D eigenvalue weighted by molar-refractivity contribution is 0.107. The zero-order valence-corrected chi connectivity index (χ0v) is 9.19. The van der Waals surface area contributed by atoms with E-state index < -0.39 is 5.60 Å². The van der Waals surface area contributed by atoms with E-state index in [4.69, 9.17) is 0 Å². The van der Waals surface area contributed by atoms with E-state index in [0.717, 1.165) is 5.75 Å². The fourth-order valence-electron chi connectivity index (χ4n) is 0.894. The van der Waals surface area contributed by atoms with Crippen LogP contribution >= 0.6 is 11.8 Å². The maximum absolute atomic E-state index is 9.51. The molecule has 72 valence electrons. The lowest BCUT2D eigenvalue weighted by Crippen LogP contribution is -2.21. The highest BCUT2D eigenvalue weighted by molar-refractivity contribution is 7.99. The Balaban J connectivity index is 2.51. The highest BCUT2D eigenvalue weighted by atomic mass is 32.2. The number of aliphatic hydroxyl groups is 1. The second-order valence-corrected chi connectivity index (χ2v) is 4.96. The van der Waals surface area contributed by atoms with Crippen molar-refractivity contribution in [1.29, 1.82) is 0 Å². The van der Waals surface area contributed by atoms with E-state index in [0.29, 0.717) is 0 Å². The fraction of sp³-hybridized carbons (Fsp3) is 0.455. The summed E-state index contributed by atoms with van der Waals surface area (Å²) in [6.45, 7) is 5.73. The van der Waals surface area contributed by atoms with Crippen molar-refractivity contribution in [2.45, 2.75) is 31.3 Å². The molecule has 1 aromatic carbocycles. The molecule has 0 spiro atoms. The van der Waals surface area contributed by atoms with Crippen LogP contribution < -0.4 is 0 Å². The summed E-state index contributed by atoms with van der Waals surface area (Å²) in [7, 11) is 0. The van der Waals surface area contributed by atoms with Gasteiger partial charge in [0.2, 0.25) is 0 Å². The molecule has 0 bridgehead atoms. The van der Waals surface area contributed by atoms with Crippen molar-refractivity contribution in [3.8, 4) is 0 Å². The predicted octanol–water partition coefficient (Wildman–Crippen LogP) is 2.86. The first-order valence-corrected chi connectivity index (χ1v) is 5.38. The van der Waals surface area contributed by atoms with Gasteiger partial charge in [-0.25, -0.2) is 0 Å². The van der Waals surface area contributed by atoms with Crippen molar-refractivity contribution >= 4 is 11.8 Å². The molecule has 0 heterocycles. The second-order valence-electron chi connectivity index (χ2n) is 3.91. The fourth-order valence-corrected chi connectivity index (χ4v) is 1.74. The molecule has 0 aliphatic heterocycles. The number of aryl methyl sites for hydroxylation is 1. The molecule has 1 nitrogen and oxygen atoms in total. The van der Waals surface area contributed by atoms with E-state index in [9.17, 15) is 5.11 Å². The number of rotatable bonds is 3. The third-order valence-corrected chi connectivity index (χ3v) is 3.07. The first-order valence-electron chi connectivity index (χ1n) is 4.39. The van der Waals surface area contributed by atoms with Gasteiger partial charge in [-0.15, -0.1) is 11.8 Å². The number of hydrogen-bond acceptors (Lipinski definition) is 2. The van der Waals surface area contributed by atoms with E-state index >= 15 is 0 Å². The summed E-state index contributed by atoms with van der Waals surface area (Å²) >= 11 is 1.69. The van der Waals surface area contributed by atoms with Gasteiger partial charge in [0.05, 0.1) is 5.60 Å². The summed E-state index contributed by atoms with van der Waals surface area (Å²) in [5.41, 5.74) is 0.683. The van der Waals surface area contributed by atoms with Gasteiger partial charge in [-0.2, -0.15) is 0 Å². The summed E-state index contributed by atoms with van der Waals surface area (Å²) in [5.74, 6) is 0.732. The smallest absolute Gasteiger partial charge is 0.0685 e. The van der Waals surface area contributed by atoms with Crippen LogP contribution in [0.15, 0.2) is 29.2 Å². The van der Waals surface area contributed by atoms with Crippen LogP contribution in [0.5, 0.6) is 0 Å². The topological polar surface area (TPSA) is 20.2 Å². The average Bonchev–Trinajstić information content (AvgIpc) is 2.02. The van der Waals surface area contributed by atoms with E-state index in [2.05, 4.69) is 31.2 Å². The van der Waals surface area contributed by atoms with Gasteiger partial charge in [0.1, 0.15) is 0 Å². The SMILES string of the molecule is Cc1ccc(SCC(C)(C)O)cc1. The lowest BCUT2D eigenvalue weighted by Gasteiger charge is -2.15. The Morgan fingerprint density at radius 2 is 1.77 bits per heavy atom. The zero-order valence-electron chi connectivity index (χ0n) is 8.37. The van der Waals surface area contributed by atoms with Crippen LogP contribution in [-0.2, 0) is 0 Å². The van der Waals surface area contributed by atoms with Crippen molar-refractivity contribution < 1.29 is 5.11 Å². The molecule has 0 radical (unpaired) electrons. The van der Waals surface area contributed by atoms with Gasteiger partial charge in [0.15, 0.2) is 0 Å². The van der Waals surface area contributed by atoms with Gasteiger partial charge in [0, 0.05) is 10.6 Å². The molecule has 1 aromatic rings. The third-order valence-electron chi connectivity index (χ3n) is 1.61. The predicted molar refractivity (Wildman–Crippen MR) is 58.2 cm³/mol. The summed E-state index contributed by atoms with van der Waals surface area (Å²) in [4.78, 5) is 1.22. The molecule has 0 unspecified atom stereocenters. The molecule has 0 atom stereocenters. The molecule has 2 heteroatoms.